The molecule has 0 aliphatic heterocycles. The molecule has 2 aromatic carbocycles. The number of methoxy groups -OCH3 is 1. The van der Waals surface area contributed by atoms with Crippen molar-refractivity contribution in [3.8, 4) is 11.5 Å². The van der Waals surface area contributed by atoms with Gasteiger partial charge in [0.05, 0.1) is 13.7 Å². The minimum atomic E-state index is -0.803. The summed E-state index contributed by atoms with van der Waals surface area (Å²) in [6.45, 7) is 0.165. The fourth-order valence-corrected chi connectivity index (χ4v) is 2.68. The summed E-state index contributed by atoms with van der Waals surface area (Å²) < 4.78 is 16.7. The van der Waals surface area contributed by atoms with Crippen molar-refractivity contribution in [3.05, 3.63) is 88.3 Å². The number of carbonyl (C=O) groups is 2. The van der Waals surface area contributed by atoms with Gasteiger partial charge in [0.25, 0.3) is 11.5 Å². The minimum absolute atomic E-state index is 0.0766. The highest BCUT2D eigenvalue weighted by molar-refractivity contribution is 5.89. The molecule has 0 radical (unpaired) electrons. The van der Waals surface area contributed by atoms with Gasteiger partial charge in [0.2, 0.25) is 0 Å². The van der Waals surface area contributed by atoms with Crippen molar-refractivity contribution in [1.82, 2.24) is 15.1 Å². The first-order valence-corrected chi connectivity index (χ1v) is 9.88. The van der Waals surface area contributed by atoms with Gasteiger partial charge in [-0.15, -0.1) is 0 Å². The average molecular weight is 437 g/mol. The summed E-state index contributed by atoms with van der Waals surface area (Å²) in [6.07, 6.45) is 0. The first-order chi connectivity index (χ1) is 15.5. The molecule has 0 fully saturated rings. The summed E-state index contributed by atoms with van der Waals surface area (Å²) in [5.41, 5.74) is 0.416. The van der Waals surface area contributed by atoms with Crippen molar-refractivity contribution < 1.29 is 23.8 Å². The Kier molecular flexibility index (Phi) is 7.96. The Labute approximate surface area is 184 Å². The van der Waals surface area contributed by atoms with E-state index in [4.69, 9.17) is 14.2 Å². The topological polar surface area (TPSA) is 109 Å². The second-order valence-electron chi connectivity index (χ2n) is 6.64. The van der Waals surface area contributed by atoms with Crippen molar-refractivity contribution in [2.24, 2.45) is 0 Å². The third kappa shape index (κ3) is 6.69. The molecule has 1 amide bonds. The Balaban J connectivity index is 1.47. The van der Waals surface area contributed by atoms with Crippen LogP contribution in [0, 0.1) is 0 Å². The Morgan fingerprint density at radius 1 is 0.969 bits per heavy atom. The largest absolute Gasteiger partial charge is 0.497 e. The molecule has 1 aromatic heterocycles. The molecule has 0 spiro atoms. The molecular formula is C23H23N3O6. The summed E-state index contributed by atoms with van der Waals surface area (Å²) in [6, 6.07) is 18.8. The lowest BCUT2D eigenvalue weighted by atomic mass is 10.2. The monoisotopic (exact) mass is 437 g/mol. The normalized spacial score (nSPS) is 10.3. The third-order valence-corrected chi connectivity index (χ3v) is 4.37. The number of benzene rings is 2. The Bertz CT molecular complexity index is 1100. The molecule has 0 bridgehead atoms. The molecule has 9 heteroatoms. The predicted octanol–water partition coefficient (Wildman–Crippen LogP) is 1.80. The zero-order chi connectivity index (χ0) is 22.8. The number of hydrogen-bond acceptors (Lipinski definition) is 7. The standard InChI is InChI=1S/C23H23N3O6/c1-30-18-9-7-17(8-10-18)15-24-21(27)16-32-23(29)20-11-12-22(28)26(25-20)13-14-31-19-5-3-2-4-6-19/h2-12H,13-16H2,1H3,(H,24,27). The molecule has 0 aliphatic carbocycles. The van der Waals surface area contributed by atoms with Gasteiger partial charge < -0.3 is 19.5 Å². The van der Waals surface area contributed by atoms with Gasteiger partial charge >= 0.3 is 5.97 Å². The number of amides is 1. The van der Waals surface area contributed by atoms with E-state index in [2.05, 4.69) is 10.4 Å². The SMILES string of the molecule is COc1ccc(CNC(=O)COC(=O)c2ccc(=O)n(CCOc3ccccc3)n2)cc1. The molecule has 32 heavy (non-hydrogen) atoms. The number of hydrogen-bond donors (Lipinski definition) is 1. The molecule has 9 nitrogen and oxygen atoms in total. The van der Waals surface area contributed by atoms with E-state index in [0.717, 1.165) is 16.0 Å². The summed E-state index contributed by atoms with van der Waals surface area (Å²) in [4.78, 5) is 36.2. The van der Waals surface area contributed by atoms with Crippen LogP contribution in [0.15, 0.2) is 71.5 Å². The van der Waals surface area contributed by atoms with Crippen LogP contribution in [-0.2, 0) is 22.6 Å². The maximum Gasteiger partial charge on any atom is 0.359 e. The van der Waals surface area contributed by atoms with Crippen LogP contribution in [-0.4, -0.2) is 42.0 Å². The van der Waals surface area contributed by atoms with Crippen molar-refractivity contribution in [3.63, 3.8) is 0 Å². The van der Waals surface area contributed by atoms with Crippen LogP contribution in [0.3, 0.4) is 0 Å². The van der Waals surface area contributed by atoms with Gasteiger partial charge in [-0.1, -0.05) is 30.3 Å². The van der Waals surface area contributed by atoms with Gasteiger partial charge in [-0.2, -0.15) is 5.10 Å². The van der Waals surface area contributed by atoms with Crippen LogP contribution in [0.5, 0.6) is 11.5 Å². The lowest BCUT2D eigenvalue weighted by molar-refractivity contribution is -0.124. The second-order valence-corrected chi connectivity index (χ2v) is 6.64. The van der Waals surface area contributed by atoms with Gasteiger partial charge in [0.15, 0.2) is 12.3 Å². The summed E-state index contributed by atoms with van der Waals surface area (Å²) >= 11 is 0. The molecule has 1 heterocycles. The van der Waals surface area contributed by atoms with Crippen LogP contribution in [0.1, 0.15) is 16.1 Å². The van der Waals surface area contributed by atoms with Gasteiger partial charge in [0, 0.05) is 12.6 Å². The first-order valence-electron chi connectivity index (χ1n) is 9.88. The molecule has 3 rings (SSSR count). The Morgan fingerprint density at radius 2 is 1.72 bits per heavy atom. The van der Waals surface area contributed by atoms with Gasteiger partial charge in [-0.05, 0) is 35.9 Å². The first kappa shape index (κ1) is 22.5. The Morgan fingerprint density at radius 3 is 2.44 bits per heavy atom. The van der Waals surface area contributed by atoms with E-state index in [1.54, 1.807) is 31.4 Å². The highest BCUT2D eigenvalue weighted by atomic mass is 16.5. The molecule has 166 valence electrons. The van der Waals surface area contributed by atoms with Gasteiger partial charge in [-0.3, -0.25) is 9.59 Å². The predicted molar refractivity (Wildman–Crippen MR) is 116 cm³/mol. The van der Waals surface area contributed by atoms with Crippen LogP contribution < -0.4 is 20.3 Å². The average Bonchev–Trinajstić information content (AvgIpc) is 2.83. The van der Waals surface area contributed by atoms with Crippen molar-refractivity contribution >= 4 is 11.9 Å². The number of para-hydroxylation sites is 1. The molecular weight excluding hydrogens is 414 g/mol. The maximum atomic E-state index is 12.2. The highest BCUT2D eigenvalue weighted by Gasteiger charge is 2.13. The van der Waals surface area contributed by atoms with Crippen LogP contribution in [0.4, 0.5) is 0 Å². The number of carbonyl (C=O) groups excluding carboxylic acids is 2. The van der Waals surface area contributed by atoms with E-state index in [1.165, 1.54) is 12.1 Å². The van der Waals surface area contributed by atoms with Crippen LogP contribution >= 0.6 is 0 Å². The fourth-order valence-electron chi connectivity index (χ4n) is 2.68. The molecule has 0 saturated carbocycles. The van der Waals surface area contributed by atoms with Crippen LogP contribution in [0.25, 0.3) is 0 Å². The van der Waals surface area contributed by atoms with Crippen molar-refractivity contribution in [2.45, 2.75) is 13.1 Å². The zero-order valence-corrected chi connectivity index (χ0v) is 17.5. The lowest BCUT2D eigenvalue weighted by Gasteiger charge is -2.09. The molecule has 0 aliphatic rings. The quantitative estimate of drug-likeness (QED) is 0.482. The third-order valence-electron chi connectivity index (χ3n) is 4.37. The van der Waals surface area contributed by atoms with Crippen molar-refractivity contribution in [1.29, 1.82) is 0 Å². The second kappa shape index (κ2) is 11.3. The molecule has 1 N–H and O–H groups in total. The molecule has 0 atom stereocenters. The molecule has 0 unspecified atom stereocenters. The van der Waals surface area contributed by atoms with E-state index in [9.17, 15) is 14.4 Å². The van der Waals surface area contributed by atoms with E-state index in [1.807, 2.05) is 30.3 Å². The number of esters is 1. The van der Waals surface area contributed by atoms with Gasteiger partial charge in [-0.25, -0.2) is 9.48 Å². The summed E-state index contributed by atoms with van der Waals surface area (Å²) in [7, 11) is 1.57. The van der Waals surface area contributed by atoms with E-state index < -0.39 is 18.5 Å². The lowest BCUT2D eigenvalue weighted by Crippen LogP contribution is -2.30. The van der Waals surface area contributed by atoms with E-state index in [0.29, 0.717) is 5.75 Å². The Hall–Kier alpha value is -4.14. The number of nitrogens with zero attached hydrogens (tertiary/aromatic N) is 2. The number of rotatable bonds is 10. The van der Waals surface area contributed by atoms with E-state index >= 15 is 0 Å². The van der Waals surface area contributed by atoms with E-state index in [-0.39, 0.29) is 30.9 Å². The molecule has 3 aromatic rings. The maximum absolute atomic E-state index is 12.2. The van der Waals surface area contributed by atoms with Crippen molar-refractivity contribution in [2.75, 3.05) is 20.3 Å². The number of nitrogens with one attached hydrogen (secondary N) is 1. The van der Waals surface area contributed by atoms with Gasteiger partial charge in [0.1, 0.15) is 18.1 Å². The van der Waals surface area contributed by atoms with Crippen LogP contribution in [0.2, 0.25) is 0 Å². The number of aromatic nitrogens is 2. The highest BCUT2D eigenvalue weighted by Crippen LogP contribution is 2.11. The minimum Gasteiger partial charge on any atom is -0.497 e. The molecule has 0 saturated heterocycles. The summed E-state index contributed by atoms with van der Waals surface area (Å²) in [5.74, 6) is 0.118. The smallest absolute Gasteiger partial charge is 0.359 e. The fraction of sp³-hybridized carbons (Fsp3) is 0.217. The number of ether oxygens (including phenoxy) is 3. The summed E-state index contributed by atoms with van der Waals surface area (Å²) in [5, 5.41) is 6.66. The zero-order valence-electron chi connectivity index (χ0n) is 17.5.